The largest absolute Gasteiger partial charge is 0.573 e. The van der Waals surface area contributed by atoms with E-state index in [9.17, 15) is 83.4 Å². The van der Waals surface area contributed by atoms with E-state index in [-0.39, 0.29) is 59.8 Å². The summed E-state index contributed by atoms with van der Waals surface area (Å²) in [5.74, 6) is -17.0. The van der Waals surface area contributed by atoms with E-state index in [0.717, 1.165) is 91.0 Å². The predicted octanol–water partition coefficient (Wildman–Crippen LogP) is 2.41. The molecular formula is C84H92Cl2F3N13O26. The molecule has 11 bridgehead atoms. The molecule has 7 aliphatic heterocycles. The van der Waals surface area contributed by atoms with Gasteiger partial charge in [-0.1, -0.05) is 67.4 Å². The number of pyridine rings is 1. The maximum atomic E-state index is 16.3. The van der Waals surface area contributed by atoms with Crippen LogP contribution in [0.3, 0.4) is 0 Å². The first-order valence-corrected chi connectivity index (χ1v) is 40.6. The van der Waals surface area contributed by atoms with Gasteiger partial charge in [-0.15, -0.1) is 13.2 Å². The summed E-state index contributed by atoms with van der Waals surface area (Å²) < 4.78 is 82.2. The van der Waals surface area contributed by atoms with Gasteiger partial charge in [-0.3, -0.25) is 53.6 Å². The molecule has 128 heavy (non-hydrogen) atoms. The molecule has 2 fully saturated rings. The molecule has 1 aromatic heterocycles. The Labute approximate surface area is 736 Å². The number of phenols is 3. The number of anilines is 1. The molecule has 44 heteroatoms. The molecule has 23 N–H and O–H groups in total. The number of benzene rings is 6. The number of phenolic OH excluding ortho intramolecular Hbond substituents is 3. The first-order chi connectivity index (χ1) is 60.7. The number of hydrogen-bond acceptors (Lipinski definition) is 30. The molecule has 39 nitrogen and oxygen atoms in total. The molecule has 7 aliphatic rings. The lowest BCUT2D eigenvalue weighted by atomic mass is 9.84. The Morgan fingerprint density at radius 1 is 0.734 bits per heavy atom. The lowest BCUT2D eigenvalue weighted by Gasteiger charge is -2.48. The summed E-state index contributed by atoms with van der Waals surface area (Å²) in [5.41, 5.74) is 7.06. The van der Waals surface area contributed by atoms with Crippen LogP contribution in [0.2, 0.25) is 10.0 Å². The molecule has 684 valence electrons. The maximum absolute atomic E-state index is 16.3. The first kappa shape index (κ1) is 95.0. The highest BCUT2D eigenvalue weighted by Gasteiger charge is 2.53. The van der Waals surface area contributed by atoms with Gasteiger partial charge < -0.3 is 138 Å². The van der Waals surface area contributed by atoms with E-state index in [0.29, 0.717) is 5.56 Å². The van der Waals surface area contributed by atoms with Crippen LogP contribution in [0.1, 0.15) is 116 Å². The van der Waals surface area contributed by atoms with E-state index in [4.69, 9.17) is 57.4 Å². The predicted molar refractivity (Wildman–Crippen MR) is 443 cm³/mol. The summed E-state index contributed by atoms with van der Waals surface area (Å²) in [6.45, 7) is 4.72. The van der Waals surface area contributed by atoms with E-state index in [1.165, 1.54) is 56.7 Å². The second kappa shape index (κ2) is 40.5. The Hall–Kier alpha value is -12.1. The molecule has 7 aromatic rings. The highest BCUT2D eigenvalue weighted by atomic mass is 35.5. The Morgan fingerprint density at radius 2 is 1.40 bits per heavy atom. The SMILES string of the molecule is CNC(CC(C)C)C(=O)NC1C(=O)NC(CC(N)=O)C(=O)NC2C(=O)NC3C(=O)NC(C(=O)NC(C(=O)NNCCO)c4cc(O)cc(O)c4-c4cc3ccc4O)C(O)c3ccc(c(Cl)c3)Oc3cc2cc(c3OC2OC(CO)C(O)C(O)C2OC2CC(C)(NCc3cncc(NC(=O)C=Cc4cccc(OC(F)(F)F)c4)c3)C(O)C(C)O2)Oc2ccc(cc2Cl)C1O. The van der Waals surface area contributed by atoms with Crippen LogP contribution in [0, 0.1) is 5.92 Å². The van der Waals surface area contributed by atoms with Crippen LogP contribution < -0.4 is 83.4 Å². The average Bonchev–Trinajstić information content (AvgIpc) is 0.769. The lowest BCUT2D eigenvalue weighted by molar-refractivity contribution is -0.334. The molecule has 2 saturated heterocycles. The number of halogens is 5. The van der Waals surface area contributed by atoms with E-state index in [1.807, 2.05) is 0 Å². The molecular weight excluding hydrogens is 1730 g/mol. The van der Waals surface area contributed by atoms with E-state index >= 15 is 24.0 Å². The van der Waals surface area contributed by atoms with Crippen molar-refractivity contribution in [2.45, 2.75) is 169 Å². The number of nitrogens with two attached hydrogens (primary N) is 1. The molecule has 0 radical (unpaired) electrons. The van der Waals surface area contributed by atoms with Crippen LogP contribution in [0.25, 0.3) is 17.2 Å². The van der Waals surface area contributed by atoms with Crippen LogP contribution in [0.4, 0.5) is 18.9 Å². The van der Waals surface area contributed by atoms with Gasteiger partial charge in [-0.2, -0.15) is 0 Å². The van der Waals surface area contributed by atoms with Gasteiger partial charge in [0.2, 0.25) is 59.3 Å². The van der Waals surface area contributed by atoms with Crippen molar-refractivity contribution in [3.8, 4) is 62.9 Å². The molecule has 0 saturated carbocycles. The third kappa shape index (κ3) is 22.3. The van der Waals surface area contributed by atoms with Crippen LogP contribution in [0.15, 0.2) is 128 Å². The van der Waals surface area contributed by atoms with Gasteiger partial charge >= 0.3 is 6.36 Å². The number of nitrogens with zero attached hydrogens (tertiary/aromatic N) is 1. The standard InChI is InChI=1S/C84H92Cl2F3N13O26/c1-35(2)19-50(91-5)75(115)100-66-68(110)40-11-14-54(48(85)23-40)123-56-25-42-26-57(72(56)127-82-73(71(113)70(112)58(34-104)125-82)126-61-30-83(4,74(114)36(3)122-61)93-32-38-20-43(33-92-31-38)95-60(109)16-9-37-7-6-8-45(21-37)128-84(87,88)89)124-55-15-12-41(24-49(55)86)69(111)67-80(120)99-65(81(121)102-94-17-18-103)47-27-44(105)28-53(107)62(47)46-22-39(10-13-52(46)106)63(77(117)101-67)98-78(118)64(42)97-76(116)51(29-59(90)108)96-79(66)119/h6-16,20-28,31,33,35-36,50-51,58,61,63-71,73-74,82,91,93-94,103-107,110-114H,17-19,29-30,32,34H2,1-5H3,(H2,90,108)(H,95,109)(H,96,119)(H,97,116)(H,98,118)(H,99,120)(H,100,115)(H,101,117)(H,102,121). The number of ether oxygens (including phenoxy) is 7. The van der Waals surface area contributed by atoms with Gasteiger partial charge in [0.1, 0.15) is 101 Å². The summed E-state index contributed by atoms with van der Waals surface area (Å²) in [7, 11) is 1.46. The molecule has 9 amide bonds. The van der Waals surface area contributed by atoms with Crippen LogP contribution in [-0.2, 0) is 63.9 Å². The van der Waals surface area contributed by atoms with E-state index < -0.39 is 272 Å². The number of alkyl halides is 3. The molecule has 18 atom stereocenters. The van der Waals surface area contributed by atoms with Crippen LogP contribution >= 0.6 is 23.2 Å². The summed E-state index contributed by atoms with van der Waals surface area (Å²) in [4.78, 5) is 137. The second-order valence-electron chi connectivity index (χ2n) is 31.3. The highest BCUT2D eigenvalue weighted by Crippen LogP contribution is 2.50. The minimum Gasteiger partial charge on any atom is -0.508 e. The Kier molecular flexibility index (Phi) is 30.0. The van der Waals surface area contributed by atoms with Gasteiger partial charge in [0.05, 0.1) is 59.8 Å². The summed E-state index contributed by atoms with van der Waals surface area (Å²) in [6.07, 6.45) is -19.7. The average molecular weight is 1830 g/mol. The number of hydrazine groups is 1. The lowest BCUT2D eigenvalue weighted by Crippen LogP contribution is -2.65. The number of hydrogen-bond donors (Lipinski definition) is 22. The number of nitrogens with one attached hydrogen (secondary N) is 11. The van der Waals surface area contributed by atoms with Gasteiger partial charge in [0, 0.05) is 54.5 Å². The van der Waals surface area contributed by atoms with Crippen molar-refractivity contribution in [2.24, 2.45) is 11.7 Å². The number of fused-ring (bicyclic) bond motifs is 15. The van der Waals surface area contributed by atoms with E-state index in [1.54, 1.807) is 20.8 Å². The number of aliphatic hydroxyl groups is 7. The zero-order valence-corrected chi connectivity index (χ0v) is 70.0. The fourth-order valence-corrected chi connectivity index (χ4v) is 15.5. The number of aromatic nitrogens is 1. The van der Waals surface area contributed by atoms with Crippen molar-refractivity contribution in [3.63, 3.8) is 0 Å². The van der Waals surface area contributed by atoms with Gasteiger partial charge in [0.15, 0.2) is 23.9 Å². The quantitative estimate of drug-likeness (QED) is 0.0248. The van der Waals surface area contributed by atoms with E-state index in [2.05, 4.69) is 68.4 Å². The van der Waals surface area contributed by atoms with Gasteiger partial charge in [-0.25, -0.2) is 5.43 Å². The second-order valence-corrected chi connectivity index (χ2v) is 32.1. The Bertz CT molecular complexity index is 5390. The van der Waals surface area contributed by atoms with Gasteiger partial charge in [-0.05, 0) is 151 Å². The number of aliphatic hydroxyl groups excluding tert-OH is 7. The monoisotopic (exact) mass is 1830 g/mol. The highest BCUT2D eigenvalue weighted by molar-refractivity contribution is 6.32. The van der Waals surface area contributed by atoms with Crippen molar-refractivity contribution in [1.82, 2.24) is 58.4 Å². The summed E-state index contributed by atoms with van der Waals surface area (Å²) >= 11 is 14.4. The molecule has 8 heterocycles. The topological polar surface area (TPSA) is 592 Å². The number of primary amides is 1. The Balaban J connectivity index is 0.997. The normalized spacial score (nSPS) is 25.8. The summed E-state index contributed by atoms with van der Waals surface area (Å²) in [5, 5.41) is 139. The van der Waals surface area contributed by atoms with Crippen molar-refractivity contribution in [2.75, 3.05) is 32.1 Å². The smallest absolute Gasteiger partial charge is 0.508 e. The molecule has 0 aliphatic carbocycles. The number of carbonyl (C=O) groups excluding carboxylic acids is 9. The first-order valence-electron chi connectivity index (χ1n) is 39.8. The minimum atomic E-state index is -4.96. The molecule has 0 spiro atoms. The van der Waals surface area contributed by atoms with Crippen LogP contribution in [0.5, 0.6) is 51.7 Å². The zero-order valence-electron chi connectivity index (χ0n) is 68.5. The van der Waals surface area contributed by atoms with Crippen molar-refractivity contribution in [1.29, 1.82) is 0 Å². The molecule has 14 rings (SSSR count). The number of carbonyl (C=O) groups is 9. The third-order valence-corrected chi connectivity index (χ3v) is 22.1. The van der Waals surface area contributed by atoms with Crippen LogP contribution in [-0.4, -0.2) is 221 Å². The number of likely N-dealkylation sites (N-methyl/N-ethyl adjacent to an activating group) is 1. The van der Waals surface area contributed by atoms with Crippen molar-refractivity contribution < 1.29 is 141 Å². The Morgan fingerprint density at radius 3 is 2.05 bits per heavy atom. The minimum absolute atomic E-state index is 0.0910. The number of rotatable bonds is 23. The fourth-order valence-electron chi connectivity index (χ4n) is 15.1. The van der Waals surface area contributed by atoms with Crippen molar-refractivity contribution in [3.05, 3.63) is 177 Å². The van der Waals surface area contributed by atoms with Crippen molar-refractivity contribution >= 4 is 88.1 Å². The molecule has 6 aromatic carbocycles. The molecule has 18 unspecified atom stereocenters. The fraction of sp³-hybridized carbons (Fsp3) is 0.381. The summed E-state index contributed by atoms with van der Waals surface area (Å²) in [6, 6.07) is 5.62. The number of aromatic hydroxyl groups is 3. The number of amides is 9. The zero-order chi connectivity index (χ0) is 92.7. The maximum Gasteiger partial charge on any atom is 0.573 e. The van der Waals surface area contributed by atoms with Gasteiger partial charge in [0.25, 0.3) is 5.91 Å². The third-order valence-electron chi connectivity index (χ3n) is 21.5.